The van der Waals surface area contributed by atoms with Crippen molar-refractivity contribution in [3.05, 3.63) is 10.6 Å². The summed E-state index contributed by atoms with van der Waals surface area (Å²) in [6.07, 6.45) is 0.352. The summed E-state index contributed by atoms with van der Waals surface area (Å²) < 4.78 is 4.97. The van der Waals surface area contributed by atoms with Crippen LogP contribution < -0.4 is 4.90 Å². The Morgan fingerprint density at radius 2 is 1.88 bits per heavy atom. The van der Waals surface area contributed by atoms with Crippen molar-refractivity contribution in [3.63, 3.8) is 0 Å². The standard InChI is InChI=1S/C9H11Cl2N5O/c1-17-6-5-16(4-2-3-12)9-14-7(10)13-8(11)15-9/h2,4-6H2,1H3. The highest BCUT2D eigenvalue weighted by atomic mass is 35.5. The Morgan fingerprint density at radius 3 is 2.41 bits per heavy atom. The van der Waals surface area contributed by atoms with Crippen LogP contribution in [-0.4, -0.2) is 41.8 Å². The molecule has 0 unspecified atom stereocenters. The number of hydrogen-bond donors (Lipinski definition) is 0. The normalized spacial score (nSPS) is 10.0. The van der Waals surface area contributed by atoms with Crippen molar-refractivity contribution in [2.75, 3.05) is 31.7 Å². The Morgan fingerprint density at radius 1 is 1.24 bits per heavy atom. The Bertz CT molecular complexity index is 389. The van der Waals surface area contributed by atoms with Gasteiger partial charge in [-0.1, -0.05) is 0 Å². The van der Waals surface area contributed by atoms with Gasteiger partial charge in [0.1, 0.15) is 0 Å². The largest absolute Gasteiger partial charge is 0.383 e. The minimum atomic E-state index is 0.0272. The molecule has 0 atom stereocenters. The fourth-order valence-corrected chi connectivity index (χ4v) is 1.51. The second-order valence-electron chi connectivity index (χ2n) is 3.06. The van der Waals surface area contributed by atoms with Gasteiger partial charge < -0.3 is 9.64 Å². The van der Waals surface area contributed by atoms with Gasteiger partial charge >= 0.3 is 0 Å². The molecule has 17 heavy (non-hydrogen) atoms. The van der Waals surface area contributed by atoms with Gasteiger partial charge in [-0.3, -0.25) is 0 Å². The Labute approximate surface area is 109 Å². The predicted molar refractivity (Wildman–Crippen MR) is 64.2 cm³/mol. The van der Waals surface area contributed by atoms with Crippen molar-refractivity contribution in [1.29, 1.82) is 5.26 Å². The van der Waals surface area contributed by atoms with E-state index in [0.29, 0.717) is 32.1 Å². The first-order valence-corrected chi connectivity index (χ1v) is 5.61. The van der Waals surface area contributed by atoms with E-state index < -0.39 is 0 Å². The maximum Gasteiger partial charge on any atom is 0.231 e. The van der Waals surface area contributed by atoms with Gasteiger partial charge in [-0.05, 0) is 23.2 Å². The predicted octanol–water partition coefficient (Wildman–Crippen LogP) is 1.54. The number of aromatic nitrogens is 3. The smallest absolute Gasteiger partial charge is 0.231 e. The van der Waals surface area contributed by atoms with E-state index in [1.54, 1.807) is 12.0 Å². The SMILES string of the molecule is COCCN(CCC#N)c1nc(Cl)nc(Cl)n1. The highest BCUT2D eigenvalue weighted by molar-refractivity contribution is 6.31. The highest BCUT2D eigenvalue weighted by Crippen LogP contribution is 2.13. The summed E-state index contributed by atoms with van der Waals surface area (Å²) in [6.45, 7) is 1.53. The molecule has 0 saturated heterocycles. The number of rotatable bonds is 6. The van der Waals surface area contributed by atoms with Gasteiger partial charge in [-0.15, -0.1) is 0 Å². The van der Waals surface area contributed by atoms with Crippen molar-refractivity contribution in [2.45, 2.75) is 6.42 Å². The second kappa shape index (κ2) is 7.22. The molecule has 0 saturated carbocycles. The lowest BCUT2D eigenvalue weighted by Crippen LogP contribution is -2.30. The molecule has 0 bridgehead atoms. The summed E-state index contributed by atoms with van der Waals surface area (Å²) >= 11 is 11.4. The van der Waals surface area contributed by atoms with Gasteiger partial charge in [0.15, 0.2) is 0 Å². The maximum atomic E-state index is 8.58. The number of ether oxygens (including phenoxy) is 1. The van der Waals surface area contributed by atoms with Gasteiger partial charge in [0, 0.05) is 20.2 Å². The van der Waals surface area contributed by atoms with Crippen LogP contribution in [0.25, 0.3) is 0 Å². The van der Waals surface area contributed by atoms with Crippen LogP contribution in [-0.2, 0) is 4.74 Å². The van der Waals surface area contributed by atoms with Crippen molar-refractivity contribution in [3.8, 4) is 6.07 Å². The van der Waals surface area contributed by atoms with Crippen molar-refractivity contribution >= 4 is 29.2 Å². The van der Waals surface area contributed by atoms with E-state index in [1.165, 1.54) is 0 Å². The molecule has 0 aromatic carbocycles. The minimum Gasteiger partial charge on any atom is -0.383 e. The molecule has 0 aliphatic heterocycles. The van der Waals surface area contributed by atoms with E-state index in [1.807, 2.05) is 0 Å². The average molecular weight is 276 g/mol. The molecule has 0 fully saturated rings. The number of nitrogens with zero attached hydrogens (tertiary/aromatic N) is 5. The van der Waals surface area contributed by atoms with Crippen molar-refractivity contribution < 1.29 is 4.74 Å². The van der Waals surface area contributed by atoms with E-state index in [4.69, 9.17) is 33.2 Å². The summed E-state index contributed by atoms with van der Waals surface area (Å²) in [4.78, 5) is 13.4. The lowest BCUT2D eigenvalue weighted by atomic mass is 10.4. The fourth-order valence-electron chi connectivity index (χ4n) is 1.16. The highest BCUT2D eigenvalue weighted by Gasteiger charge is 2.11. The van der Waals surface area contributed by atoms with Crippen LogP contribution in [0, 0.1) is 11.3 Å². The van der Waals surface area contributed by atoms with Crippen LogP contribution >= 0.6 is 23.2 Å². The van der Waals surface area contributed by atoms with Gasteiger partial charge in [0.2, 0.25) is 16.5 Å². The summed E-state index contributed by atoms with van der Waals surface area (Å²) in [5, 5.41) is 8.64. The molecule has 0 radical (unpaired) electrons. The molecule has 0 N–H and O–H groups in total. The van der Waals surface area contributed by atoms with Gasteiger partial charge in [0.05, 0.1) is 19.1 Å². The molecule has 0 amide bonds. The summed E-state index contributed by atoms with van der Waals surface area (Å²) in [5.74, 6) is 0.349. The summed E-state index contributed by atoms with van der Waals surface area (Å²) in [5.41, 5.74) is 0. The molecule has 0 aliphatic rings. The van der Waals surface area contributed by atoms with Crippen LogP contribution in [0.3, 0.4) is 0 Å². The molecule has 8 heteroatoms. The van der Waals surface area contributed by atoms with E-state index in [9.17, 15) is 0 Å². The zero-order chi connectivity index (χ0) is 12.7. The average Bonchev–Trinajstić information content (AvgIpc) is 2.28. The molecule has 0 spiro atoms. The number of halogens is 2. The van der Waals surface area contributed by atoms with Gasteiger partial charge in [-0.25, -0.2) is 0 Å². The second-order valence-corrected chi connectivity index (χ2v) is 3.74. The lowest BCUT2D eigenvalue weighted by molar-refractivity contribution is 0.205. The molecule has 92 valence electrons. The third-order valence-corrected chi connectivity index (χ3v) is 2.25. The van der Waals surface area contributed by atoms with E-state index in [2.05, 4.69) is 21.0 Å². The monoisotopic (exact) mass is 275 g/mol. The van der Waals surface area contributed by atoms with E-state index in [0.717, 1.165) is 0 Å². The first-order valence-electron chi connectivity index (χ1n) is 4.85. The molecular formula is C9H11Cl2N5O. The third kappa shape index (κ3) is 4.69. The number of hydrogen-bond acceptors (Lipinski definition) is 6. The van der Waals surface area contributed by atoms with E-state index in [-0.39, 0.29) is 10.6 Å². The lowest BCUT2D eigenvalue weighted by Gasteiger charge is -2.20. The Kier molecular flexibility index (Phi) is 5.91. The van der Waals surface area contributed by atoms with Crippen LogP contribution in [0.5, 0.6) is 0 Å². The molecule has 1 aromatic heterocycles. The maximum absolute atomic E-state index is 8.58. The molecular weight excluding hydrogens is 265 g/mol. The topological polar surface area (TPSA) is 74.9 Å². The molecule has 1 heterocycles. The van der Waals surface area contributed by atoms with Crippen LogP contribution in [0.15, 0.2) is 0 Å². The number of anilines is 1. The summed E-state index contributed by atoms with van der Waals surface area (Å²) in [6, 6.07) is 2.05. The fraction of sp³-hybridized carbons (Fsp3) is 0.556. The zero-order valence-corrected chi connectivity index (χ0v) is 10.7. The first kappa shape index (κ1) is 13.9. The van der Waals surface area contributed by atoms with E-state index >= 15 is 0 Å². The molecule has 1 aromatic rings. The van der Waals surface area contributed by atoms with Crippen LogP contribution in [0.2, 0.25) is 10.6 Å². The summed E-state index contributed by atoms with van der Waals surface area (Å²) in [7, 11) is 1.59. The number of nitriles is 1. The Hall–Kier alpha value is -1.16. The molecule has 6 nitrogen and oxygen atoms in total. The first-order chi connectivity index (χ1) is 8.17. The van der Waals surface area contributed by atoms with Crippen molar-refractivity contribution in [1.82, 2.24) is 15.0 Å². The zero-order valence-electron chi connectivity index (χ0n) is 9.23. The number of methoxy groups -OCH3 is 1. The van der Waals surface area contributed by atoms with Crippen LogP contribution in [0.1, 0.15) is 6.42 Å². The van der Waals surface area contributed by atoms with Gasteiger partial charge in [0.25, 0.3) is 0 Å². The molecule has 1 rings (SSSR count). The quantitative estimate of drug-likeness (QED) is 0.784. The van der Waals surface area contributed by atoms with Crippen molar-refractivity contribution in [2.24, 2.45) is 0 Å². The Balaban J connectivity index is 2.83. The molecule has 0 aliphatic carbocycles. The third-order valence-electron chi connectivity index (χ3n) is 1.91. The van der Waals surface area contributed by atoms with Crippen LogP contribution in [0.4, 0.5) is 5.95 Å². The minimum absolute atomic E-state index is 0.0272. The van der Waals surface area contributed by atoms with Gasteiger partial charge in [-0.2, -0.15) is 20.2 Å².